The largest absolute Gasteiger partial charge is 0.384 e. The summed E-state index contributed by atoms with van der Waals surface area (Å²) in [5.41, 5.74) is 5.02. The molecule has 0 bridgehead atoms. The predicted octanol–water partition coefficient (Wildman–Crippen LogP) is 3.19. The van der Waals surface area contributed by atoms with Crippen molar-refractivity contribution in [2.75, 3.05) is 11.9 Å². The van der Waals surface area contributed by atoms with Crippen LogP contribution in [0.5, 0.6) is 0 Å². The lowest BCUT2D eigenvalue weighted by Gasteiger charge is -2.06. The second-order valence-electron chi connectivity index (χ2n) is 4.69. The van der Waals surface area contributed by atoms with E-state index < -0.39 is 0 Å². The van der Waals surface area contributed by atoms with Crippen molar-refractivity contribution in [2.24, 2.45) is 0 Å². The van der Waals surface area contributed by atoms with Crippen molar-refractivity contribution in [1.29, 1.82) is 0 Å². The standard InChI is InChI=1S/C16H15NO/c1-11-4-2-3-5-14(11)16(18)13-6-7-15-12(10-13)8-9-17-15/h2-7,10,17H,8-9H2,1H3. The molecule has 2 nitrogen and oxygen atoms in total. The quantitative estimate of drug-likeness (QED) is 0.813. The monoisotopic (exact) mass is 237 g/mol. The molecule has 1 heterocycles. The number of ketones is 1. The van der Waals surface area contributed by atoms with Gasteiger partial charge in [-0.3, -0.25) is 4.79 Å². The van der Waals surface area contributed by atoms with Crippen molar-refractivity contribution < 1.29 is 4.79 Å². The van der Waals surface area contributed by atoms with E-state index in [0.29, 0.717) is 0 Å². The third-order valence-corrected chi connectivity index (χ3v) is 3.47. The smallest absolute Gasteiger partial charge is 0.193 e. The summed E-state index contributed by atoms with van der Waals surface area (Å²) in [6.07, 6.45) is 1.00. The van der Waals surface area contributed by atoms with Gasteiger partial charge in [-0.15, -0.1) is 0 Å². The first-order valence-corrected chi connectivity index (χ1v) is 6.23. The van der Waals surface area contributed by atoms with Gasteiger partial charge in [0, 0.05) is 23.4 Å². The van der Waals surface area contributed by atoms with Crippen LogP contribution in [-0.4, -0.2) is 12.3 Å². The molecule has 0 aromatic heterocycles. The third-order valence-electron chi connectivity index (χ3n) is 3.47. The molecule has 0 amide bonds. The van der Waals surface area contributed by atoms with Crippen LogP contribution in [0.25, 0.3) is 0 Å². The van der Waals surface area contributed by atoms with E-state index in [2.05, 4.69) is 5.32 Å². The van der Waals surface area contributed by atoms with Crippen LogP contribution >= 0.6 is 0 Å². The van der Waals surface area contributed by atoms with E-state index in [-0.39, 0.29) is 5.78 Å². The zero-order valence-corrected chi connectivity index (χ0v) is 10.4. The zero-order valence-electron chi connectivity index (χ0n) is 10.4. The molecule has 0 saturated carbocycles. The van der Waals surface area contributed by atoms with Crippen LogP contribution in [0.2, 0.25) is 0 Å². The van der Waals surface area contributed by atoms with Crippen molar-refractivity contribution in [3.05, 3.63) is 64.7 Å². The maximum absolute atomic E-state index is 12.4. The van der Waals surface area contributed by atoms with Gasteiger partial charge in [0.2, 0.25) is 0 Å². The average Bonchev–Trinajstić information content (AvgIpc) is 2.85. The fraction of sp³-hybridized carbons (Fsp3) is 0.188. The SMILES string of the molecule is Cc1ccccc1C(=O)c1ccc2c(c1)CCN2. The van der Waals surface area contributed by atoms with Gasteiger partial charge < -0.3 is 5.32 Å². The fourth-order valence-electron chi connectivity index (χ4n) is 2.43. The number of hydrogen-bond donors (Lipinski definition) is 1. The minimum absolute atomic E-state index is 0.114. The van der Waals surface area contributed by atoms with Crippen LogP contribution in [0.4, 0.5) is 5.69 Å². The molecule has 18 heavy (non-hydrogen) atoms. The highest BCUT2D eigenvalue weighted by Crippen LogP contribution is 2.24. The highest BCUT2D eigenvalue weighted by atomic mass is 16.1. The van der Waals surface area contributed by atoms with Gasteiger partial charge in [-0.2, -0.15) is 0 Å². The van der Waals surface area contributed by atoms with Gasteiger partial charge in [-0.25, -0.2) is 0 Å². The van der Waals surface area contributed by atoms with Crippen molar-refractivity contribution >= 4 is 11.5 Å². The van der Waals surface area contributed by atoms with E-state index >= 15 is 0 Å². The number of aryl methyl sites for hydroxylation is 1. The van der Waals surface area contributed by atoms with Crippen LogP contribution in [0.3, 0.4) is 0 Å². The highest BCUT2D eigenvalue weighted by molar-refractivity contribution is 6.10. The average molecular weight is 237 g/mol. The van der Waals surface area contributed by atoms with Gasteiger partial charge in [0.15, 0.2) is 5.78 Å². The van der Waals surface area contributed by atoms with Gasteiger partial charge in [0.05, 0.1) is 0 Å². The number of carbonyl (C=O) groups is 1. The normalized spacial score (nSPS) is 12.9. The minimum Gasteiger partial charge on any atom is -0.384 e. The van der Waals surface area contributed by atoms with E-state index in [0.717, 1.165) is 35.3 Å². The summed E-state index contributed by atoms with van der Waals surface area (Å²) in [6, 6.07) is 13.7. The first-order chi connectivity index (χ1) is 8.75. The number of hydrogen-bond acceptors (Lipinski definition) is 2. The van der Waals surface area contributed by atoms with Gasteiger partial charge in [-0.05, 0) is 42.7 Å². The first kappa shape index (κ1) is 11.0. The lowest BCUT2D eigenvalue weighted by molar-refractivity contribution is 0.103. The molecule has 2 aromatic rings. The molecule has 2 aromatic carbocycles. The molecule has 0 radical (unpaired) electrons. The number of anilines is 1. The number of fused-ring (bicyclic) bond motifs is 1. The molecule has 0 spiro atoms. The van der Waals surface area contributed by atoms with Crippen molar-refractivity contribution in [3.8, 4) is 0 Å². The van der Waals surface area contributed by atoms with Crippen LogP contribution in [-0.2, 0) is 6.42 Å². The number of benzene rings is 2. The molecule has 90 valence electrons. The van der Waals surface area contributed by atoms with Crippen LogP contribution < -0.4 is 5.32 Å². The van der Waals surface area contributed by atoms with E-state index in [9.17, 15) is 4.79 Å². The summed E-state index contributed by atoms with van der Waals surface area (Å²) in [5, 5.41) is 3.31. The molecule has 0 fully saturated rings. The Morgan fingerprint density at radius 3 is 2.83 bits per heavy atom. The summed E-state index contributed by atoms with van der Waals surface area (Å²) in [5.74, 6) is 0.114. The molecule has 0 aliphatic carbocycles. The molecular formula is C16H15NO. The minimum atomic E-state index is 0.114. The highest BCUT2D eigenvalue weighted by Gasteiger charge is 2.15. The molecule has 0 atom stereocenters. The Hall–Kier alpha value is -2.09. The molecule has 3 rings (SSSR count). The topological polar surface area (TPSA) is 29.1 Å². The molecule has 1 aliphatic rings. The summed E-state index contributed by atoms with van der Waals surface area (Å²) < 4.78 is 0. The lowest BCUT2D eigenvalue weighted by Crippen LogP contribution is -2.03. The van der Waals surface area contributed by atoms with Crippen molar-refractivity contribution in [1.82, 2.24) is 0 Å². The van der Waals surface area contributed by atoms with E-state index in [1.165, 1.54) is 5.56 Å². The van der Waals surface area contributed by atoms with Crippen molar-refractivity contribution in [2.45, 2.75) is 13.3 Å². The molecule has 0 saturated heterocycles. The van der Waals surface area contributed by atoms with Crippen molar-refractivity contribution in [3.63, 3.8) is 0 Å². The molecule has 1 aliphatic heterocycles. The van der Waals surface area contributed by atoms with Gasteiger partial charge >= 0.3 is 0 Å². The maximum atomic E-state index is 12.4. The van der Waals surface area contributed by atoms with Gasteiger partial charge in [-0.1, -0.05) is 24.3 Å². The summed E-state index contributed by atoms with van der Waals surface area (Å²) in [7, 11) is 0. The molecule has 1 N–H and O–H groups in total. The lowest BCUT2D eigenvalue weighted by atomic mass is 9.97. The third kappa shape index (κ3) is 1.80. The Kier molecular flexibility index (Phi) is 2.63. The molecule has 2 heteroatoms. The Balaban J connectivity index is 2.01. The number of carbonyl (C=O) groups excluding carboxylic acids is 1. The summed E-state index contributed by atoms with van der Waals surface area (Å²) in [6.45, 7) is 2.94. The Morgan fingerprint density at radius 1 is 1.17 bits per heavy atom. The second-order valence-corrected chi connectivity index (χ2v) is 4.69. The number of rotatable bonds is 2. The van der Waals surface area contributed by atoms with E-state index in [1.807, 2.05) is 49.4 Å². The second kappa shape index (κ2) is 4.30. The van der Waals surface area contributed by atoms with E-state index in [4.69, 9.17) is 0 Å². The van der Waals surface area contributed by atoms with Crippen LogP contribution in [0.1, 0.15) is 27.0 Å². The van der Waals surface area contributed by atoms with Gasteiger partial charge in [0.1, 0.15) is 0 Å². The number of nitrogens with one attached hydrogen (secondary N) is 1. The molecular weight excluding hydrogens is 222 g/mol. The Morgan fingerprint density at radius 2 is 2.00 bits per heavy atom. The maximum Gasteiger partial charge on any atom is 0.193 e. The summed E-state index contributed by atoms with van der Waals surface area (Å²) in [4.78, 5) is 12.4. The fourth-order valence-corrected chi connectivity index (χ4v) is 2.43. The predicted molar refractivity (Wildman–Crippen MR) is 73.2 cm³/mol. The summed E-state index contributed by atoms with van der Waals surface area (Å²) >= 11 is 0. The van der Waals surface area contributed by atoms with Gasteiger partial charge in [0.25, 0.3) is 0 Å². The Bertz CT molecular complexity index is 616. The molecule has 0 unspecified atom stereocenters. The van der Waals surface area contributed by atoms with E-state index in [1.54, 1.807) is 0 Å². The Labute approximate surface area is 107 Å². The van der Waals surface area contributed by atoms with Crippen LogP contribution in [0.15, 0.2) is 42.5 Å². The zero-order chi connectivity index (χ0) is 12.5. The van der Waals surface area contributed by atoms with Crippen LogP contribution in [0, 0.1) is 6.92 Å². The first-order valence-electron chi connectivity index (χ1n) is 6.23.